The Hall–Kier alpha value is -6.65. The van der Waals surface area contributed by atoms with Crippen LogP contribution in [0, 0.1) is 39.5 Å². The smallest absolute Gasteiger partial charge is 0.223 e. The number of rotatable bonds is 29. The Morgan fingerprint density at radius 2 is 1.00 bits per heavy atom. The van der Waals surface area contributed by atoms with E-state index >= 15 is 0 Å². The Labute approximate surface area is 469 Å². The summed E-state index contributed by atoms with van der Waals surface area (Å²) in [5.74, 6) is 3.73. The van der Waals surface area contributed by atoms with Crippen LogP contribution in [0.2, 0.25) is 0 Å². The highest BCUT2D eigenvalue weighted by Gasteiger charge is 2.30. The summed E-state index contributed by atoms with van der Waals surface area (Å²) in [7, 11) is 1.69. The molecule has 0 radical (unpaired) electrons. The quantitative estimate of drug-likeness (QED) is 0.0256. The van der Waals surface area contributed by atoms with Gasteiger partial charge >= 0.3 is 0 Å². The van der Waals surface area contributed by atoms with Gasteiger partial charge in [0.25, 0.3) is 0 Å². The van der Waals surface area contributed by atoms with E-state index in [4.69, 9.17) is 18.9 Å². The highest BCUT2D eigenvalue weighted by molar-refractivity contribution is 5.89. The lowest BCUT2D eigenvalue weighted by molar-refractivity contribution is -0.139. The normalized spacial score (nSPS) is 14.7. The van der Waals surface area contributed by atoms with Crippen LogP contribution in [0.4, 0.5) is 0 Å². The van der Waals surface area contributed by atoms with Crippen LogP contribution in [-0.2, 0) is 20.7 Å². The van der Waals surface area contributed by atoms with Crippen molar-refractivity contribution >= 4 is 44.5 Å². The van der Waals surface area contributed by atoms with Crippen molar-refractivity contribution in [1.29, 1.82) is 0 Å². The summed E-state index contributed by atoms with van der Waals surface area (Å²) in [5.41, 5.74) is 8.16. The van der Waals surface area contributed by atoms with Gasteiger partial charge in [-0.3, -0.25) is 24.9 Å². The van der Waals surface area contributed by atoms with Crippen LogP contribution in [0.3, 0.4) is 0 Å². The fourth-order valence-corrected chi connectivity index (χ4v) is 9.79. The topological polar surface area (TPSA) is 260 Å². The predicted molar refractivity (Wildman–Crippen MR) is 311 cm³/mol. The second-order valence-electron chi connectivity index (χ2n) is 21.1. The van der Waals surface area contributed by atoms with Crippen LogP contribution in [0.1, 0.15) is 67.2 Å². The number of methoxy groups -OCH3 is 1. The fraction of sp³-hybridized carbons (Fsp3) is 0.517. The molecule has 4 aromatic carbocycles. The van der Waals surface area contributed by atoms with Crippen molar-refractivity contribution in [3.05, 3.63) is 107 Å². The molecule has 9 N–H and O–H groups in total. The molecule has 0 spiro atoms. The van der Waals surface area contributed by atoms with Crippen molar-refractivity contribution in [2.24, 2.45) is 11.8 Å². The van der Waals surface area contributed by atoms with E-state index in [0.29, 0.717) is 63.2 Å². The second-order valence-corrected chi connectivity index (χ2v) is 21.1. The molecule has 0 bridgehead atoms. The summed E-state index contributed by atoms with van der Waals surface area (Å²) in [6, 6.07) is 25.6. The van der Waals surface area contributed by atoms with Crippen molar-refractivity contribution in [1.82, 2.24) is 56.3 Å². The van der Waals surface area contributed by atoms with E-state index in [-0.39, 0.29) is 31.6 Å². The molecule has 9 rings (SSSR count). The number of nitrogens with one attached hydrogen (secondary N) is 6. The van der Waals surface area contributed by atoms with E-state index in [2.05, 4.69) is 84.7 Å². The lowest BCUT2D eigenvalue weighted by Crippen LogP contribution is -2.51. The van der Waals surface area contributed by atoms with Crippen molar-refractivity contribution < 1.29 is 43.9 Å². The lowest BCUT2D eigenvalue weighted by Gasteiger charge is -2.39. The summed E-state index contributed by atoms with van der Waals surface area (Å²) in [6.07, 6.45) is 3.19. The maximum atomic E-state index is 12.0. The number of likely N-dealkylation sites (tertiary alicyclic amines) is 2. The monoisotopic (exact) mass is 1100 g/mol. The average molecular weight is 1100 g/mol. The zero-order chi connectivity index (χ0) is 56.8. The summed E-state index contributed by atoms with van der Waals surface area (Å²) < 4.78 is 22.4. The predicted octanol–water partition coefficient (Wildman–Crippen LogP) is 5.69. The Bertz CT molecular complexity index is 2990. The number of amides is 2. The second kappa shape index (κ2) is 31.4. The first-order valence-corrected chi connectivity index (χ1v) is 28.3. The minimum atomic E-state index is -0.638. The first-order valence-electron chi connectivity index (χ1n) is 28.3. The molecule has 3 aromatic heterocycles. The minimum Gasteiger partial charge on any atom is -0.490 e. The Balaban J connectivity index is 0.000000174. The van der Waals surface area contributed by atoms with Gasteiger partial charge in [0.1, 0.15) is 55.4 Å². The van der Waals surface area contributed by atoms with E-state index in [1.165, 1.54) is 11.1 Å². The van der Waals surface area contributed by atoms with Crippen molar-refractivity contribution in [2.75, 3.05) is 99.0 Å². The number of aromatic amines is 3. The molecule has 0 aliphatic carbocycles. The fourth-order valence-electron chi connectivity index (χ4n) is 9.79. The standard InChI is InChI=1S/C21H27N3O2.C20H30N4O4.C19H28N4O3/c1-15-7-3-4-8-17(15)9-6-12-22-13-18(25)14-26-20-11-5-10-19-21(20)16(2)23-24-19;1-14-20-17(23-22-14)5-3-6-18(20)28-13-16(25)9-21-8-4-7-19(26)24-10-15(11-24)12-27-2;1-3-14-10-23(11-14)18(25)7-8-20-9-15(24)12-26-17-6-4-5-16-19(17)13(2)21-22-16/h3-5,7-8,10-11,18,22,25H,6,9,12-14H2,1-2H3,(H,23,24);3,5-6,15-16,21,25H,4,7-13H2,1-2H3,(H,22,23);4-6,14-15,20,24H,3,7-12H2,1-2H3,(H,21,22)/t18-;16-;15-/m000/s1. The van der Waals surface area contributed by atoms with Gasteiger partial charge in [0, 0.05) is 95.3 Å². The molecule has 434 valence electrons. The molecule has 7 aromatic rings. The number of aryl methyl sites for hydroxylation is 5. The number of H-pyrrole nitrogens is 3. The molecule has 5 heterocycles. The summed E-state index contributed by atoms with van der Waals surface area (Å²) >= 11 is 0. The van der Waals surface area contributed by atoms with Gasteiger partial charge in [0.15, 0.2) is 0 Å². The molecule has 2 aliphatic heterocycles. The third-order valence-electron chi connectivity index (χ3n) is 14.5. The number of fused-ring (bicyclic) bond motifs is 3. The molecule has 2 aliphatic rings. The Kier molecular flexibility index (Phi) is 23.9. The summed E-state index contributed by atoms with van der Waals surface area (Å²) in [4.78, 5) is 27.8. The van der Waals surface area contributed by atoms with Gasteiger partial charge in [0.2, 0.25) is 11.8 Å². The molecule has 2 amide bonds. The van der Waals surface area contributed by atoms with E-state index in [1.807, 2.05) is 85.2 Å². The number of benzene rings is 4. The third kappa shape index (κ3) is 17.9. The van der Waals surface area contributed by atoms with Gasteiger partial charge in [0.05, 0.1) is 39.3 Å². The molecule has 3 atom stereocenters. The number of ether oxygens (including phenoxy) is 4. The van der Waals surface area contributed by atoms with Crippen LogP contribution in [0.15, 0.2) is 78.9 Å². The van der Waals surface area contributed by atoms with Crippen LogP contribution in [-0.4, -0.2) is 185 Å². The number of carbonyl (C=O) groups is 2. The average Bonchev–Trinajstić information content (AvgIpc) is 4.16. The Morgan fingerprint density at radius 3 is 1.45 bits per heavy atom. The number of aliphatic hydroxyl groups is 3. The summed E-state index contributed by atoms with van der Waals surface area (Å²) in [5, 5.41) is 64.4. The van der Waals surface area contributed by atoms with Gasteiger partial charge in [-0.05, 0) is 120 Å². The third-order valence-corrected chi connectivity index (χ3v) is 14.5. The van der Waals surface area contributed by atoms with Gasteiger partial charge < -0.3 is 60.0 Å². The minimum absolute atomic E-state index is 0.189. The molecule has 0 unspecified atom stereocenters. The number of carbonyl (C=O) groups excluding carboxylic acids is 2. The molecule has 0 saturated carbocycles. The SMILES string of the molecule is CCC1CN(C(=O)CCNC[C@H](O)COc2cccc3n[nH]c(C)c23)C1.COCC1CN(C(=O)CCCNC[C@H](O)COc2cccc3n[nH]c(C)c23)C1.Cc1ccccc1CCCNC[C@H](O)COc1cccc2n[nH]c(C)c12. The first-order chi connectivity index (χ1) is 38.8. The van der Waals surface area contributed by atoms with Gasteiger partial charge in [-0.2, -0.15) is 15.3 Å². The van der Waals surface area contributed by atoms with Crippen molar-refractivity contribution in [2.45, 2.75) is 91.5 Å². The van der Waals surface area contributed by atoms with Crippen molar-refractivity contribution in [3.8, 4) is 17.2 Å². The Morgan fingerprint density at radius 1 is 0.575 bits per heavy atom. The number of hydrogen-bond acceptors (Lipinski definition) is 15. The maximum absolute atomic E-state index is 12.0. The highest BCUT2D eigenvalue weighted by Crippen LogP contribution is 2.29. The van der Waals surface area contributed by atoms with Crippen LogP contribution in [0.5, 0.6) is 17.2 Å². The van der Waals surface area contributed by atoms with Gasteiger partial charge in [-0.15, -0.1) is 0 Å². The van der Waals surface area contributed by atoms with Crippen molar-refractivity contribution in [3.63, 3.8) is 0 Å². The number of hydrogen-bond donors (Lipinski definition) is 9. The zero-order valence-corrected chi connectivity index (χ0v) is 47.6. The molecule has 2 saturated heterocycles. The highest BCUT2D eigenvalue weighted by atomic mass is 16.5. The zero-order valence-electron chi connectivity index (χ0n) is 47.6. The molecular formula is C60H85N11O9. The maximum Gasteiger partial charge on any atom is 0.223 e. The van der Waals surface area contributed by atoms with E-state index in [1.54, 1.807) is 7.11 Å². The molecule has 2 fully saturated rings. The number of nitrogens with zero attached hydrogens (tertiary/aromatic N) is 5. The molecular weight excluding hydrogens is 1020 g/mol. The van der Waals surface area contributed by atoms with Crippen LogP contribution < -0.4 is 30.2 Å². The van der Waals surface area contributed by atoms with E-state index < -0.39 is 18.3 Å². The van der Waals surface area contributed by atoms with Crippen LogP contribution in [0.25, 0.3) is 32.7 Å². The number of aromatic nitrogens is 6. The lowest BCUT2D eigenvalue weighted by atomic mass is 9.97. The van der Waals surface area contributed by atoms with E-state index in [0.717, 1.165) is 126 Å². The molecule has 20 heteroatoms. The molecule has 20 nitrogen and oxygen atoms in total. The largest absolute Gasteiger partial charge is 0.490 e. The van der Waals surface area contributed by atoms with Gasteiger partial charge in [-0.25, -0.2) is 0 Å². The molecule has 80 heavy (non-hydrogen) atoms. The van der Waals surface area contributed by atoms with Crippen LogP contribution >= 0.6 is 0 Å². The van der Waals surface area contributed by atoms with Gasteiger partial charge in [-0.1, -0.05) is 49.4 Å². The van der Waals surface area contributed by atoms with E-state index in [9.17, 15) is 24.9 Å². The number of aliphatic hydroxyl groups excluding tert-OH is 3. The summed E-state index contributed by atoms with van der Waals surface area (Å²) in [6.45, 7) is 18.4. The first kappa shape index (κ1) is 61.0.